The second kappa shape index (κ2) is 10.2. The molecule has 0 fully saturated rings. The molecule has 0 aromatic heterocycles. The van der Waals surface area contributed by atoms with Gasteiger partial charge in [-0.2, -0.15) is 0 Å². The molecule has 1 atom stereocenters. The molecule has 120 valence electrons. The third kappa shape index (κ3) is 13.1. The standard InChI is InChI=1S/C16H27NO4/c1-5-6-7-8-9-10-11-16(20)21-14(12-15(18)19)13-17(2,3)4/h5-6,10-11,14H,7-9,12-13H2,1-4H3/p+1/b6-5+,11-10+. The molecule has 0 bridgehead atoms. The van der Waals surface area contributed by atoms with Gasteiger partial charge in [-0.25, -0.2) is 4.79 Å². The Morgan fingerprint density at radius 2 is 1.81 bits per heavy atom. The van der Waals surface area contributed by atoms with Crippen molar-refractivity contribution in [2.24, 2.45) is 0 Å². The van der Waals surface area contributed by atoms with Gasteiger partial charge in [0.25, 0.3) is 0 Å². The molecule has 0 aliphatic carbocycles. The van der Waals surface area contributed by atoms with Crippen LogP contribution in [0.2, 0.25) is 0 Å². The molecule has 0 saturated carbocycles. The van der Waals surface area contributed by atoms with E-state index in [-0.39, 0.29) is 6.42 Å². The van der Waals surface area contributed by atoms with E-state index in [1.165, 1.54) is 6.08 Å². The molecule has 0 saturated heterocycles. The van der Waals surface area contributed by atoms with Crippen LogP contribution < -0.4 is 0 Å². The number of carbonyl (C=O) groups is 2. The molecule has 0 amide bonds. The lowest BCUT2D eigenvalue weighted by molar-refractivity contribution is -0.873. The molecule has 0 aromatic rings. The Morgan fingerprint density at radius 1 is 1.19 bits per heavy atom. The van der Waals surface area contributed by atoms with Crippen LogP contribution in [0.25, 0.3) is 0 Å². The zero-order valence-corrected chi connectivity index (χ0v) is 13.5. The molecule has 1 N–H and O–H groups in total. The maximum atomic E-state index is 11.7. The van der Waals surface area contributed by atoms with Gasteiger partial charge >= 0.3 is 11.9 Å². The summed E-state index contributed by atoms with van der Waals surface area (Å²) in [4.78, 5) is 22.5. The largest absolute Gasteiger partial charge is 0.481 e. The lowest BCUT2D eigenvalue weighted by atomic mass is 10.2. The zero-order valence-electron chi connectivity index (χ0n) is 13.5. The minimum absolute atomic E-state index is 0.170. The first-order chi connectivity index (χ1) is 9.74. The fourth-order valence-corrected chi connectivity index (χ4v) is 1.85. The second-order valence-corrected chi connectivity index (χ2v) is 6.03. The van der Waals surface area contributed by atoms with Crippen molar-refractivity contribution in [2.75, 3.05) is 27.7 Å². The predicted octanol–water partition coefficient (Wildman–Crippen LogP) is 2.38. The predicted molar refractivity (Wildman–Crippen MR) is 82.8 cm³/mol. The molecular weight excluding hydrogens is 270 g/mol. The number of hydrogen-bond acceptors (Lipinski definition) is 3. The Morgan fingerprint density at radius 3 is 2.33 bits per heavy atom. The van der Waals surface area contributed by atoms with E-state index >= 15 is 0 Å². The Bertz CT molecular complexity index is 380. The molecule has 0 heterocycles. The number of hydrogen-bond donors (Lipinski definition) is 1. The van der Waals surface area contributed by atoms with Gasteiger partial charge in [0.1, 0.15) is 6.54 Å². The third-order valence-electron chi connectivity index (χ3n) is 2.67. The molecule has 21 heavy (non-hydrogen) atoms. The van der Waals surface area contributed by atoms with Crippen molar-refractivity contribution in [1.29, 1.82) is 0 Å². The minimum Gasteiger partial charge on any atom is -0.481 e. The Kier molecular flexibility index (Phi) is 9.37. The van der Waals surface area contributed by atoms with E-state index in [0.29, 0.717) is 11.0 Å². The highest BCUT2D eigenvalue weighted by molar-refractivity contribution is 5.82. The van der Waals surface area contributed by atoms with Gasteiger partial charge in [0.2, 0.25) is 0 Å². The van der Waals surface area contributed by atoms with Crippen LogP contribution in [-0.4, -0.2) is 55.3 Å². The maximum Gasteiger partial charge on any atom is 0.330 e. The quantitative estimate of drug-likeness (QED) is 0.221. The van der Waals surface area contributed by atoms with Crippen LogP contribution in [0.5, 0.6) is 0 Å². The normalized spacial score (nSPS) is 13.7. The van der Waals surface area contributed by atoms with Crippen molar-refractivity contribution in [1.82, 2.24) is 0 Å². The van der Waals surface area contributed by atoms with E-state index in [1.54, 1.807) is 6.08 Å². The average Bonchev–Trinajstić information content (AvgIpc) is 2.30. The van der Waals surface area contributed by atoms with Crippen molar-refractivity contribution in [3.8, 4) is 0 Å². The van der Waals surface area contributed by atoms with Crippen LogP contribution in [0.15, 0.2) is 24.3 Å². The number of nitrogens with zero attached hydrogens (tertiary/aromatic N) is 1. The molecular formula is C16H28NO4+. The molecule has 1 unspecified atom stereocenters. The Balaban J connectivity index is 4.26. The lowest BCUT2D eigenvalue weighted by Gasteiger charge is -2.28. The fraction of sp³-hybridized carbons (Fsp3) is 0.625. The highest BCUT2D eigenvalue weighted by atomic mass is 16.5. The average molecular weight is 298 g/mol. The number of allylic oxidation sites excluding steroid dienone is 3. The number of carbonyl (C=O) groups excluding carboxylic acids is 1. The Labute approximate surface area is 127 Å². The van der Waals surface area contributed by atoms with E-state index in [4.69, 9.17) is 9.84 Å². The van der Waals surface area contributed by atoms with Gasteiger partial charge < -0.3 is 14.3 Å². The van der Waals surface area contributed by atoms with Crippen molar-refractivity contribution >= 4 is 11.9 Å². The number of carboxylic acid groups (broad SMARTS) is 1. The first kappa shape index (κ1) is 19.4. The van der Waals surface area contributed by atoms with E-state index < -0.39 is 18.0 Å². The molecule has 0 aliphatic rings. The SMILES string of the molecule is C/C=C/CCC/C=C/C(=O)OC(CC(=O)O)C[N+](C)(C)C. The molecule has 0 aromatic carbocycles. The number of unbranched alkanes of at least 4 members (excludes halogenated alkanes) is 2. The topological polar surface area (TPSA) is 63.6 Å². The number of likely N-dealkylation sites (N-methyl/N-ethyl adjacent to an activating group) is 1. The molecule has 0 spiro atoms. The summed E-state index contributed by atoms with van der Waals surface area (Å²) in [6, 6.07) is 0. The Hall–Kier alpha value is -1.62. The minimum atomic E-state index is -0.961. The summed E-state index contributed by atoms with van der Waals surface area (Å²) in [5, 5.41) is 8.87. The smallest absolute Gasteiger partial charge is 0.330 e. The molecule has 5 heteroatoms. The number of ether oxygens (including phenoxy) is 1. The number of aliphatic carboxylic acids is 1. The van der Waals surface area contributed by atoms with Crippen molar-refractivity contribution in [2.45, 2.75) is 38.7 Å². The summed E-state index contributed by atoms with van der Waals surface area (Å²) in [6.45, 7) is 2.44. The summed E-state index contributed by atoms with van der Waals surface area (Å²) < 4.78 is 5.77. The van der Waals surface area contributed by atoms with Crippen LogP contribution in [0.3, 0.4) is 0 Å². The van der Waals surface area contributed by atoms with Gasteiger partial charge in [-0.1, -0.05) is 18.2 Å². The van der Waals surface area contributed by atoms with Gasteiger partial charge in [-0.15, -0.1) is 0 Å². The van der Waals surface area contributed by atoms with Gasteiger partial charge in [-0.05, 0) is 26.2 Å². The van der Waals surface area contributed by atoms with Crippen LogP contribution in [0.1, 0.15) is 32.6 Å². The van der Waals surface area contributed by atoms with Crippen LogP contribution in [0, 0.1) is 0 Å². The summed E-state index contributed by atoms with van der Waals surface area (Å²) in [5.74, 6) is -1.43. The molecule has 0 radical (unpaired) electrons. The van der Waals surface area contributed by atoms with Crippen LogP contribution in [-0.2, 0) is 14.3 Å². The van der Waals surface area contributed by atoms with E-state index in [1.807, 2.05) is 34.1 Å². The van der Waals surface area contributed by atoms with Crippen LogP contribution in [0.4, 0.5) is 0 Å². The van der Waals surface area contributed by atoms with Crippen LogP contribution >= 0.6 is 0 Å². The number of esters is 1. The first-order valence-electron chi connectivity index (χ1n) is 7.25. The fourth-order valence-electron chi connectivity index (χ4n) is 1.85. The lowest BCUT2D eigenvalue weighted by Crippen LogP contribution is -2.43. The third-order valence-corrected chi connectivity index (χ3v) is 2.67. The summed E-state index contributed by atoms with van der Waals surface area (Å²) in [6.07, 6.45) is 9.23. The summed E-state index contributed by atoms with van der Waals surface area (Å²) >= 11 is 0. The van der Waals surface area contributed by atoms with E-state index in [0.717, 1.165) is 19.3 Å². The number of carboxylic acids is 1. The summed E-state index contributed by atoms with van der Waals surface area (Å²) in [5.41, 5.74) is 0. The van der Waals surface area contributed by atoms with E-state index in [2.05, 4.69) is 6.08 Å². The zero-order chi connectivity index (χ0) is 16.3. The van der Waals surface area contributed by atoms with Gasteiger partial charge in [0.05, 0.1) is 27.6 Å². The van der Waals surface area contributed by atoms with Crippen molar-refractivity contribution in [3.63, 3.8) is 0 Å². The van der Waals surface area contributed by atoms with E-state index in [9.17, 15) is 9.59 Å². The highest BCUT2D eigenvalue weighted by Gasteiger charge is 2.23. The monoisotopic (exact) mass is 298 g/mol. The van der Waals surface area contributed by atoms with Crippen molar-refractivity contribution in [3.05, 3.63) is 24.3 Å². The second-order valence-electron chi connectivity index (χ2n) is 6.03. The van der Waals surface area contributed by atoms with Gasteiger partial charge in [0, 0.05) is 6.08 Å². The number of quaternary nitrogens is 1. The maximum absolute atomic E-state index is 11.7. The van der Waals surface area contributed by atoms with Crippen molar-refractivity contribution < 1.29 is 23.9 Å². The molecule has 5 nitrogen and oxygen atoms in total. The van der Waals surface area contributed by atoms with Gasteiger partial charge in [0.15, 0.2) is 6.10 Å². The molecule has 0 aliphatic heterocycles. The number of rotatable bonds is 10. The van der Waals surface area contributed by atoms with Gasteiger partial charge in [-0.3, -0.25) is 4.79 Å². The first-order valence-corrected chi connectivity index (χ1v) is 7.25. The highest BCUT2D eigenvalue weighted by Crippen LogP contribution is 2.06. The molecule has 0 rings (SSSR count). The summed E-state index contributed by atoms with van der Waals surface area (Å²) in [7, 11) is 5.79.